The van der Waals surface area contributed by atoms with Crippen LogP contribution in [-0.4, -0.2) is 26.4 Å². The third-order valence-electron chi connectivity index (χ3n) is 2.12. The zero-order chi connectivity index (χ0) is 14.8. The summed E-state index contributed by atoms with van der Waals surface area (Å²) in [6, 6.07) is 1.67. The van der Waals surface area contributed by atoms with Gasteiger partial charge in [-0.15, -0.1) is 0 Å². The molecule has 0 atom stereocenters. The van der Waals surface area contributed by atoms with E-state index in [1.54, 1.807) is 0 Å². The number of rotatable bonds is 5. The number of nitro groups is 1. The lowest BCUT2D eigenvalue weighted by Crippen LogP contribution is -2.15. The zero-order valence-electron chi connectivity index (χ0n) is 9.67. The first-order chi connectivity index (χ1) is 8.62. The molecule has 1 rings (SSSR count). The smallest absolute Gasteiger partial charge is 0.312 e. The van der Waals surface area contributed by atoms with Gasteiger partial charge >= 0.3 is 5.69 Å². The predicted molar refractivity (Wildman–Crippen MR) is 60.7 cm³/mol. The normalized spacial score (nSPS) is 11.6. The number of hydrogen-bond acceptors (Lipinski definition) is 5. The number of primary sulfonamides is 1. The van der Waals surface area contributed by atoms with Crippen LogP contribution in [0.25, 0.3) is 0 Å². The fourth-order valence-corrected chi connectivity index (χ4v) is 2.15. The highest BCUT2D eigenvalue weighted by atomic mass is 32.2. The Morgan fingerprint density at radius 1 is 1.47 bits per heavy atom. The molecule has 0 radical (unpaired) electrons. The molecule has 0 aromatic heterocycles. The Labute approximate surface area is 107 Å². The summed E-state index contributed by atoms with van der Waals surface area (Å²) in [6.07, 6.45) is -2.81. The molecule has 0 saturated carbocycles. The lowest BCUT2D eigenvalue weighted by Gasteiger charge is -2.09. The molecule has 7 nitrogen and oxygen atoms in total. The lowest BCUT2D eigenvalue weighted by molar-refractivity contribution is -0.386. The molecule has 1 aromatic carbocycles. The number of ether oxygens (including phenoxy) is 1. The van der Waals surface area contributed by atoms with E-state index in [2.05, 4.69) is 4.74 Å². The summed E-state index contributed by atoms with van der Waals surface area (Å²) in [5.41, 5.74) is -0.673. The SMILES string of the molecule is Cc1cc(OCC(F)F)c([N+](=O)[O-])cc1S(N)(=O)=O. The van der Waals surface area contributed by atoms with Crippen LogP contribution in [0.4, 0.5) is 14.5 Å². The van der Waals surface area contributed by atoms with Gasteiger partial charge < -0.3 is 4.74 Å². The summed E-state index contributed by atoms with van der Waals surface area (Å²) in [4.78, 5) is 9.37. The largest absolute Gasteiger partial charge is 0.481 e. The second kappa shape index (κ2) is 5.45. The number of hydrogen-bond donors (Lipinski definition) is 1. The number of sulfonamides is 1. The summed E-state index contributed by atoms with van der Waals surface area (Å²) in [6.45, 7) is 0.285. The molecule has 0 bridgehead atoms. The minimum atomic E-state index is -4.15. The Balaban J connectivity index is 3.34. The molecule has 0 saturated heterocycles. The maximum absolute atomic E-state index is 12.0. The first-order valence-corrected chi connectivity index (χ1v) is 6.40. The van der Waals surface area contributed by atoms with E-state index in [0.717, 1.165) is 6.07 Å². The topological polar surface area (TPSA) is 113 Å². The molecule has 19 heavy (non-hydrogen) atoms. The number of nitro benzene ring substituents is 1. The Morgan fingerprint density at radius 3 is 2.47 bits per heavy atom. The van der Waals surface area contributed by atoms with Crippen molar-refractivity contribution in [3.8, 4) is 5.75 Å². The summed E-state index contributed by atoms with van der Waals surface area (Å²) < 4.78 is 51.0. The van der Waals surface area contributed by atoms with Gasteiger partial charge in [0.1, 0.15) is 6.61 Å². The van der Waals surface area contributed by atoms with Crippen molar-refractivity contribution in [3.63, 3.8) is 0 Å². The third-order valence-corrected chi connectivity index (χ3v) is 3.18. The third kappa shape index (κ3) is 3.83. The van der Waals surface area contributed by atoms with Gasteiger partial charge in [-0.05, 0) is 18.6 Å². The van der Waals surface area contributed by atoms with Crippen LogP contribution in [0, 0.1) is 17.0 Å². The van der Waals surface area contributed by atoms with Crippen molar-refractivity contribution < 1.29 is 26.9 Å². The van der Waals surface area contributed by atoms with Crippen LogP contribution in [-0.2, 0) is 10.0 Å². The fourth-order valence-electron chi connectivity index (χ4n) is 1.37. The molecule has 106 valence electrons. The molecule has 1 aromatic rings. The standard InChI is InChI=1S/C9H10F2N2O5S/c1-5-2-7(18-4-9(10)11)6(13(14)15)3-8(5)19(12,16)17/h2-3,9H,4H2,1H3,(H2,12,16,17). The molecule has 0 fully saturated rings. The maximum Gasteiger partial charge on any atom is 0.312 e. The maximum atomic E-state index is 12.0. The van der Waals surface area contributed by atoms with Crippen molar-refractivity contribution in [1.29, 1.82) is 0 Å². The van der Waals surface area contributed by atoms with Crippen molar-refractivity contribution in [3.05, 3.63) is 27.8 Å². The Hall–Kier alpha value is -1.81. The fraction of sp³-hybridized carbons (Fsp3) is 0.333. The van der Waals surface area contributed by atoms with Crippen LogP contribution in [0.15, 0.2) is 17.0 Å². The highest BCUT2D eigenvalue weighted by molar-refractivity contribution is 7.89. The number of nitrogens with two attached hydrogens (primary N) is 1. The second-order valence-electron chi connectivity index (χ2n) is 3.59. The summed E-state index contributed by atoms with van der Waals surface area (Å²) >= 11 is 0. The Bertz CT molecular complexity index is 603. The lowest BCUT2D eigenvalue weighted by atomic mass is 10.2. The molecule has 2 N–H and O–H groups in total. The summed E-state index contributed by atoms with van der Waals surface area (Å²) in [5.74, 6) is -0.435. The summed E-state index contributed by atoms with van der Waals surface area (Å²) in [5, 5.41) is 15.6. The molecule has 0 amide bonds. The molecule has 0 spiro atoms. The number of benzene rings is 1. The second-order valence-corrected chi connectivity index (χ2v) is 5.12. The predicted octanol–water partition coefficient (Wildman–Crippen LogP) is 1.19. The molecule has 10 heteroatoms. The molecular weight excluding hydrogens is 286 g/mol. The van der Waals surface area contributed by atoms with Gasteiger partial charge in [-0.1, -0.05) is 0 Å². The monoisotopic (exact) mass is 296 g/mol. The molecule has 0 heterocycles. The van der Waals surface area contributed by atoms with E-state index in [-0.39, 0.29) is 5.56 Å². The van der Waals surface area contributed by atoms with Gasteiger partial charge in [-0.2, -0.15) is 0 Å². The van der Waals surface area contributed by atoms with Crippen LogP contribution in [0.2, 0.25) is 0 Å². The molecular formula is C9H10F2N2O5S. The molecule has 0 unspecified atom stereocenters. The average molecular weight is 296 g/mol. The zero-order valence-corrected chi connectivity index (χ0v) is 10.5. The van der Waals surface area contributed by atoms with E-state index in [1.807, 2.05) is 0 Å². The van der Waals surface area contributed by atoms with Gasteiger partial charge in [0.05, 0.1) is 9.82 Å². The number of alkyl halides is 2. The molecule has 0 aliphatic carbocycles. The minimum Gasteiger partial charge on any atom is -0.481 e. The number of aryl methyl sites for hydroxylation is 1. The Morgan fingerprint density at radius 2 is 2.05 bits per heavy atom. The van der Waals surface area contributed by atoms with Crippen molar-refractivity contribution in [1.82, 2.24) is 0 Å². The molecule has 0 aliphatic heterocycles. The highest BCUT2D eigenvalue weighted by Crippen LogP contribution is 2.32. The number of halogens is 2. The first kappa shape index (κ1) is 15.2. The van der Waals surface area contributed by atoms with Gasteiger partial charge in [0.25, 0.3) is 6.43 Å². The summed E-state index contributed by atoms with van der Waals surface area (Å²) in [7, 11) is -4.15. The first-order valence-electron chi connectivity index (χ1n) is 4.85. The quantitative estimate of drug-likeness (QED) is 0.648. The van der Waals surface area contributed by atoms with Crippen LogP contribution in [0.5, 0.6) is 5.75 Å². The van der Waals surface area contributed by atoms with Gasteiger partial charge in [0.2, 0.25) is 10.0 Å². The van der Waals surface area contributed by atoms with E-state index >= 15 is 0 Å². The van der Waals surface area contributed by atoms with E-state index < -0.39 is 44.3 Å². The van der Waals surface area contributed by atoms with E-state index in [1.165, 1.54) is 6.92 Å². The van der Waals surface area contributed by atoms with Gasteiger partial charge in [0, 0.05) is 6.07 Å². The van der Waals surface area contributed by atoms with E-state index in [4.69, 9.17) is 5.14 Å². The minimum absolute atomic E-state index is 0.0670. The average Bonchev–Trinajstić information content (AvgIpc) is 2.23. The van der Waals surface area contributed by atoms with Crippen molar-refractivity contribution in [2.24, 2.45) is 5.14 Å². The highest BCUT2D eigenvalue weighted by Gasteiger charge is 2.23. The molecule has 0 aliphatic rings. The van der Waals surface area contributed by atoms with Crippen molar-refractivity contribution in [2.75, 3.05) is 6.61 Å². The van der Waals surface area contributed by atoms with Crippen LogP contribution in [0.1, 0.15) is 5.56 Å². The van der Waals surface area contributed by atoms with E-state index in [0.29, 0.717) is 6.07 Å². The number of nitrogens with zero attached hydrogens (tertiary/aromatic N) is 1. The van der Waals surface area contributed by atoms with Gasteiger partial charge in [-0.3, -0.25) is 10.1 Å². The van der Waals surface area contributed by atoms with Crippen LogP contribution >= 0.6 is 0 Å². The van der Waals surface area contributed by atoms with E-state index in [9.17, 15) is 27.3 Å². The van der Waals surface area contributed by atoms with Crippen LogP contribution in [0.3, 0.4) is 0 Å². The van der Waals surface area contributed by atoms with Crippen molar-refractivity contribution >= 4 is 15.7 Å². The van der Waals surface area contributed by atoms with Gasteiger partial charge in [-0.25, -0.2) is 22.3 Å². The Kier molecular flexibility index (Phi) is 4.37. The van der Waals surface area contributed by atoms with Crippen LogP contribution < -0.4 is 9.88 Å². The van der Waals surface area contributed by atoms with Crippen molar-refractivity contribution in [2.45, 2.75) is 18.2 Å². The van der Waals surface area contributed by atoms with Gasteiger partial charge in [0.15, 0.2) is 5.75 Å².